The van der Waals surface area contributed by atoms with Crippen molar-refractivity contribution in [2.45, 2.75) is 26.3 Å². The van der Waals surface area contributed by atoms with E-state index in [1.54, 1.807) is 12.4 Å². The number of aromatic nitrogens is 2. The highest BCUT2D eigenvalue weighted by Crippen LogP contribution is 1.98. The molecule has 78 valence electrons. The summed E-state index contributed by atoms with van der Waals surface area (Å²) in [5.74, 6) is 0.376. The SMILES string of the molecule is CC(C)(C)NCC(=O)Nc1ncc[nH]1. The van der Waals surface area contributed by atoms with Crippen LogP contribution in [0, 0.1) is 0 Å². The summed E-state index contributed by atoms with van der Waals surface area (Å²) < 4.78 is 0. The summed E-state index contributed by atoms with van der Waals surface area (Å²) in [6.07, 6.45) is 3.25. The largest absolute Gasteiger partial charge is 0.331 e. The lowest BCUT2D eigenvalue weighted by atomic mass is 10.1. The third-order valence-electron chi connectivity index (χ3n) is 1.54. The van der Waals surface area contributed by atoms with Crippen molar-refractivity contribution >= 4 is 11.9 Å². The zero-order valence-electron chi connectivity index (χ0n) is 8.72. The molecular formula is C9H16N4O. The van der Waals surface area contributed by atoms with E-state index in [2.05, 4.69) is 20.6 Å². The standard InChI is InChI=1S/C9H16N4O/c1-9(2,3)12-6-7(14)13-8-10-4-5-11-8/h4-5,12H,6H2,1-3H3,(H2,10,11,13,14). The smallest absolute Gasteiger partial charge is 0.240 e. The van der Waals surface area contributed by atoms with E-state index in [1.165, 1.54) is 0 Å². The fraction of sp³-hybridized carbons (Fsp3) is 0.556. The van der Waals surface area contributed by atoms with Crippen LogP contribution in [-0.2, 0) is 4.79 Å². The lowest BCUT2D eigenvalue weighted by molar-refractivity contribution is -0.115. The van der Waals surface area contributed by atoms with Gasteiger partial charge in [-0.25, -0.2) is 4.98 Å². The molecule has 1 heterocycles. The Morgan fingerprint density at radius 1 is 1.57 bits per heavy atom. The number of rotatable bonds is 3. The number of amides is 1. The second-order valence-corrected chi connectivity index (χ2v) is 4.09. The highest BCUT2D eigenvalue weighted by atomic mass is 16.2. The summed E-state index contributed by atoms with van der Waals surface area (Å²) in [7, 11) is 0. The first-order valence-corrected chi connectivity index (χ1v) is 4.52. The number of hydrogen-bond acceptors (Lipinski definition) is 3. The monoisotopic (exact) mass is 196 g/mol. The summed E-state index contributed by atoms with van der Waals surface area (Å²) in [6, 6.07) is 0. The average molecular weight is 196 g/mol. The van der Waals surface area contributed by atoms with Crippen molar-refractivity contribution in [3.63, 3.8) is 0 Å². The van der Waals surface area contributed by atoms with Crippen LogP contribution in [0.3, 0.4) is 0 Å². The van der Waals surface area contributed by atoms with Gasteiger partial charge in [0.15, 0.2) is 0 Å². The molecule has 5 nitrogen and oxygen atoms in total. The van der Waals surface area contributed by atoms with E-state index in [0.29, 0.717) is 5.95 Å². The molecule has 0 aromatic carbocycles. The molecule has 14 heavy (non-hydrogen) atoms. The Kier molecular flexibility index (Phi) is 3.24. The van der Waals surface area contributed by atoms with Gasteiger partial charge in [0, 0.05) is 17.9 Å². The molecule has 0 fully saturated rings. The highest BCUT2D eigenvalue weighted by molar-refractivity contribution is 5.90. The van der Waals surface area contributed by atoms with Gasteiger partial charge in [-0.15, -0.1) is 0 Å². The van der Waals surface area contributed by atoms with Crippen LogP contribution in [0.1, 0.15) is 20.8 Å². The minimum Gasteiger partial charge on any atom is -0.331 e. The maximum absolute atomic E-state index is 11.3. The Morgan fingerprint density at radius 3 is 2.79 bits per heavy atom. The molecule has 0 atom stereocenters. The molecule has 1 rings (SSSR count). The molecule has 0 saturated heterocycles. The molecule has 0 spiro atoms. The summed E-state index contributed by atoms with van der Waals surface area (Å²) in [5, 5.41) is 5.71. The second-order valence-electron chi connectivity index (χ2n) is 4.09. The van der Waals surface area contributed by atoms with Gasteiger partial charge in [-0.05, 0) is 20.8 Å². The summed E-state index contributed by atoms with van der Waals surface area (Å²) in [4.78, 5) is 18.0. The van der Waals surface area contributed by atoms with E-state index < -0.39 is 0 Å². The number of nitrogens with one attached hydrogen (secondary N) is 3. The van der Waals surface area contributed by atoms with Crippen LogP contribution in [0.15, 0.2) is 12.4 Å². The van der Waals surface area contributed by atoms with Gasteiger partial charge in [-0.1, -0.05) is 0 Å². The number of nitrogens with zero attached hydrogens (tertiary/aromatic N) is 1. The van der Waals surface area contributed by atoms with Crippen molar-refractivity contribution in [3.05, 3.63) is 12.4 Å². The van der Waals surface area contributed by atoms with Crippen LogP contribution in [0.2, 0.25) is 0 Å². The van der Waals surface area contributed by atoms with Gasteiger partial charge < -0.3 is 10.3 Å². The Bertz CT molecular complexity index is 286. The van der Waals surface area contributed by atoms with E-state index in [4.69, 9.17) is 0 Å². The average Bonchev–Trinajstić information content (AvgIpc) is 2.52. The first kappa shape index (κ1) is 10.7. The molecule has 1 aromatic rings. The van der Waals surface area contributed by atoms with Crippen molar-refractivity contribution < 1.29 is 4.79 Å². The molecule has 0 saturated carbocycles. The Balaban J connectivity index is 2.30. The predicted molar refractivity (Wildman–Crippen MR) is 55.0 cm³/mol. The van der Waals surface area contributed by atoms with Crippen molar-refractivity contribution in [1.82, 2.24) is 15.3 Å². The van der Waals surface area contributed by atoms with Crippen LogP contribution >= 0.6 is 0 Å². The molecule has 0 aliphatic rings. The van der Waals surface area contributed by atoms with Gasteiger partial charge in [-0.2, -0.15) is 0 Å². The number of carbonyl (C=O) groups excluding carboxylic acids is 1. The molecule has 0 bridgehead atoms. The maximum Gasteiger partial charge on any atom is 0.240 e. The summed E-state index contributed by atoms with van der Waals surface area (Å²) >= 11 is 0. The van der Waals surface area contributed by atoms with Crippen LogP contribution in [0.25, 0.3) is 0 Å². The van der Waals surface area contributed by atoms with E-state index in [1.807, 2.05) is 20.8 Å². The number of carbonyl (C=O) groups is 1. The third-order valence-corrected chi connectivity index (χ3v) is 1.54. The third kappa shape index (κ3) is 4.04. The maximum atomic E-state index is 11.3. The molecule has 0 unspecified atom stereocenters. The fourth-order valence-electron chi connectivity index (χ4n) is 0.855. The van der Waals surface area contributed by atoms with Gasteiger partial charge in [0.25, 0.3) is 0 Å². The number of anilines is 1. The highest BCUT2D eigenvalue weighted by Gasteiger charge is 2.11. The lowest BCUT2D eigenvalue weighted by Gasteiger charge is -2.19. The molecule has 0 aliphatic carbocycles. The van der Waals surface area contributed by atoms with Gasteiger partial charge in [0.05, 0.1) is 6.54 Å². The predicted octanol–water partition coefficient (Wildman–Crippen LogP) is 0.736. The minimum atomic E-state index is -0.102. The van der Waals surface area contributed by atoms with E-state index in [-0.39, 0.29) is 18.0 Å². The number of imidazole rings is 1. The van der Waals surface area contributed by atoms with Crippen LogP contribution in [0.5, 0.6) is 0 Å². The second kappa shape index (κ2) is 4.23. The summed E-state index contributed by atoms with van der Waals surface area (Å²) in [5.41, 5.74) is -0.0551. The van der Waals surface area contributed by atoms with E-state index in [9.17, 15) is 4.79 Å². The quantitative estimate of drug-likeness (QED) is 0.667. The molecular weight excluding hydrogens is 180 g/mol. The van der Waals surface area contributed by atoms with E-state index >= 15 is 0 Å². The molecule has 1 amide bonds. The summed E-state index contributed by atoms with van der Waals surface area (Å²) in [6.45, 7) is 6.30. The first-order valence-electron chi connectivity index (χ1n) is 4.52. The number of hydrogen-bond donors (Lipinski definition) is 3. The van der Waals surface area contributed by atoms with Crippen LogP contribution in [0.4, 0.5) is 5.95 Å². The molecule has 5 heteroatoms. The van der Waals surface area contributed by atoms with Crippen molar-refractivity contribution in [3.8, 4) is 0 Å². The molecule has 3 N–H and O–H groups in total. The van der Waals surface area contributed by atoms with Crippen LogP contribution in [-0.4, -0.2) is 28.0 Å². The first-order chi connectivity index (χ1) is 6.47. The van der Waals surface area contributed by atoms with Crippen molar-refractivity contribution in [1.29, 1.82) is 0 Å². The zero-order chi connectivity index (χ0) is 10.6. The number of aromatic amines is 1. The van der Waals surface area contributed by atoms with Gasteiger partial charge >= 0.3 is 0 Å². The topological polar surface area (TPSA) is 69.8 Å². The normalized spacial score (nSPS) is 11.4. The van der Waals surface area contributed by atoms with Crippen molar-refractivity contribution in [2.24, 2.45) is 0 Å². The van der Waals surface area contributed by atoms with Gasteiger partial charge in [0.2, 0.25) is 11.9 Å². The Morgan fingerprint density at radius 2 is 2.29 bits per heavy atom. The Hall–Kier alpha value is -1.36. The van der Waals surface area contributed by atoms with Gasteiger partial charge in [0.1, 0.15) is 0 Å². The van der Waals surface area contributed by atoms with Crippen molar-refractivity contribution in [2.75, 3.05) is 11.9 Å². The lowest BCUT2D eigenvalue weighted by Crippen LogP contribution is -2.41. The van der Waals surface area contributed by atoms with Crippen LogP contribution < -0.4 is 10.6 Å². The molecule has 1 aromatic heterocycles. The van der Waals surface area contributed by atoms with E-state index in [0.717, 1.165) is 0 Å². The Labute approximate surface area is 83.3 Å². The number of H-pyrrole nitrogens is 1. The molecule has 0 radical (unpaired) electrons. The fourth-order valence-corrected chi connectivity index (χ4v) is 0.855. The zero-order valence-corrected chi connectivity index (χ0v) is 8.72. The minimum absolute atomic E-state index is 0.0551. The molecule has 0 aliphatic heterocycles. The van der Waals surface area contributed by atoms with Gasteiger partial charge in [-0.3, -0.25) is 10.1 Å².